The lowest BCUT2D eigenvalue weighted by molar-refractivity contribution is -0.146. The Morgan fingerprint density at radius 2 is 1.70 bits per heavy atom. The van der Waals surface area contributed by atoms with Crippen molar-refractivity contribution in [2.75, 3.05) is 50.1 Å². The Kier molecular flexibility index (Phi) is 15.5. The summed E-state index contributed by atoms with van der Waals surface area (Å²) in [6.07, 6.45) is 8.92. The molecule has 1 saturated heterocycles. The van der Waals surface area contributed by atoms with Crippen molar-refractivity contribution < 1.29 is 29.3 Å². The number of likely N-dealkylation sites (tertiary alicyclic amines) is 1. The summed E-state index contributed by atoms with van der Waals surface area (Å²) in [6, 6.07) is 15.2. The first-order valence-electron chi connectivity index (χ1n) is 22.4. The highest BCUT2D eigenvalue weighted by Gasteiger charge is 2.28. The minimum atomic E-state index is -0.654. The number of esters is 1. The van der Waals surface area contributed by atoms with Gasteiger partial charge < -0.3 is 35.8 Å². The van der Waals surface area contributed by atoms with Crippen molar-refractivity contribution in [3.05, 3.63) is 117 Å². The number of ether oxygens (including phenoxy) is 1. The molecule has 0 radical (unpaired) electrons. The highest BCUT2D eigenvalue weighted by Crippen LogP contribution is 2.39. The maximum Gasteiger partial charge on any atom is 0.320 e. The highest BCUT2D eigenvalue weighted by atomic mass is 35.5. The second kappa shape index (κ2) is 21.4. The molecule has 4 heterocycles. The van der Waals surface area contributed by atoms with Gasteiger partial charge in [0.1, 0.15) is 29.7 Å². The van der Waals surface area contributed by atoms with Gasteiger partial charge in [0.2, 0.25) is 11.7 Å². The highest BCUT2D eigenvalue weighted by molar-refractivity contribution is 6.32. The fourth-order valence-corrected chi connectivity index (χ4v) is 8.61. The number of aromatic nitrogens is 5. The Hall–Kier alpha value is -6.49. The van der Waals surface area contributed by atoms with Gasteiger partial charge in [0, 0.05) is 67.2 Å². The molecule has 0 saturated carbocycles. The lowest BCUT2D eigenvalue weighted by atomic mass is 9.98. The van der Waals surface area contributed by atoms with E-state index < -0.39 is 17.9 Å². The Bertz CT molecular complexity index is 2680. The van der Waals surface area contributed by atoms with Crippen molar-refractivity contribution in [1.82, 2.24) is 40.3 Å². The molecular weight excluding hydrogens is 896 g/mol. The topological polar surface area (TPSA) is 200 Å². The van der Waals surface area contributed by atoms with E-state index in [1.807, 2.05) is 71.2 Å². The number of rotatable bonds is 17. The molecule has 1 aliphatic heterocycles. The maximum absolute atomic E-state index is 13.7. The fourth-order valence-electron chi connectivity index (χ4n) is 8.20. The molecule has 3 aromatic heterocycles. The normalized spacial score (nSPS) is 14.7. The number of amides is 2. The first-order chi connectivity index (χ1) is 32.1. The molecule has 0 bridgehead atoms. The molecule has 2 amide bonds. The smallest absolute Gasteiger partial charge is 0.320 e. The third kappa shape index (κ3) is 11.6. The molecule has 0 spiro atoms. The molecule has 67 heavy (non-hydrogen) atoms. The number of hydrogen-bond acceptors (Lipinski definition) is 13. The van der Waals surface area contributed by atoms with Crippen LogP contribution in [-0.4, -0.2) is 110 Å². The van der Waals surface area contributed by atoms with E-state index in [0.29, 0.717) is 75.7 Å². The number of pyridine rings is 2. The van der Waals surface area contributed by atoms with Crippen LogP contribution in [0.3, 0.4) is 0 Å². The summed E-state index contributed by atoms with van der Waals surface area (Å²) in [5, 5.41) is 40.0. The summed E-state index contributed by atoms with van der Waals surface area (Å²) in [7, 11) is 1.97. The van der Waals surface area contributed by atoms with Crippen molar-refractivity contribution >= 4 is 58.2 Å². The number of halogens is 2. The standard InChI is InChI=1S/C49H56Cl2N10O6/c1-7-52-49(66)47-58-57-46(38-21-36(28(2)3)41(62)23-42(38)63)61(47)35-13-14-44(54-24-35)59(6)34-15-17-60(18-16-34)26-45(64)67-27-40(31-9-8-10-33(50)20-31)56-48(65)32-12-11-30(19-32)37-22-43(55-29(4)5)53-25-39(37)51/h8-11,13-14,19-25,28-29,34,40,62-63H,7,12,15-18,26-27H2,1-6H3,(H,52,66)(H,53,55)(H,56,65)/t40-/m1/s1. The Morgan fingerprint density at radius 3 is 2.39 bits per heavy atom. The van der Waals surface area contributed by atoms with Gasteiger partial charge in [-0.2, -0.15) is 0 Å². The predicted octanol–water partition coefficient (Wildman–Crippen LogP) is 7.85. The van der Waals surface area contributed by atoms with E-state index in [4.69, 9.17) is 32.9 Å². The number of benzene rings is 2. The van der Waals surface area contributed by atoms with Gasteiger partial charge in [-0.25, -0.2) is 9.97 Å². The summed E-state index contributed by atoms with van der Waals surface area (Å²) >= 11 is 12.9. The molecule has 2 aliphatic rings. The van der Waals surface area contributed by atoms with Crippen LogP contribution in [0.25, 0.3) is 22.6 Å². The van der Waals surface area contributed by atoms with Crippen molar-refractivity contribution in [1.29, 1.82) is 0 Å². The molecule has 18 heteroatoms. The van der Waals surface area contributed by atoms with Gasteiger partial charge >= 0.3 is 5.97 Å². The van der Waals surface area contributed by atoms with Crippen LogP contribution in [0.15, 0.2) is 84.7 Å². The number of anilines is 2. The van der Waals surface area contributed by atoms with E-state index in [0.717, 1.165) is 24.0 Å². The van der Waals surface area contributed by atoms with Crippen LogP contribution in [0.2, 0.25) is 10.0 Å². The van der Waals surface area contributed by atoms with Gasteiger partial charge in [-0.15, -0.1) is 10.2 Å². The molecule has 0 unspecified atom stereocenters. The van der Waals surface area contributed by atoms with E-state index in [1.54, 1.807) is 48.1 Å². The fraction of sp³-hybridized carbons (Fsp3) is 0.367. The number of phenolic OH excluding ortho intramolecular Hbond substituents is 2. The zero-order valence-electron chi connectivity index (χ0n) is 38.4. The minimum Gasteiger partial charge on any atom is -0.508 e. The van der Waals surface area contributed by atoms with Gasteiger partial charge in [0.05, 0.1) is 35.1 Å². The lowest BCUT2D eigenvalue weighted by Crippen LogP contribution is -2.45. The van der Waals surface area contributed by atoms with Crippen molar-refractivity contribution in [2.24, 2.45) is 0 Å². The van der Waals surface area contributed by atoms with E-state index >= 15 is 0 Å². The third-order valence-electron chi connectivity index (χ3n) is 11.8. The predicted molar refractivity (Wildman–Crippen MR) is 260 cm³/mol. The number of allylic oxidation sites excluding steroid dienone is 3. The van der Waals surface area contributed by atoms with Crippen LogP contribution in [0, 0.1) is 0 Å². The number of aromatic hydroxyl groups is 2. The van der Waals surface area contributed by atoms with E-state index in [1.165, 1.54) is 6.07 Å². The first kappa shape index (κ1) is 48.4. The monoisotopic (exact) mass is 950 g/mol. The number of piperidine rings is 1. The minimum absolute atomic E-state index is 0.0176. The number of phenols is 2. The van der Waals surface area contributed by atoms with Crippen LogP contribution in [0.4, 0.5) is 11.6 Å². The Labute approximate surface area is 400 Å². The van der Waals surface area contributed by atoms with Crippen molar-refractivity contribution in [3.8, 4) is 28.6 Å². The molecule has 16 nitrogen and oxygen atoms in total. The van der Waals surface area contributed by atoms with Gasteiger partial charge in [-0.1, -0.05) is 55.3 Å². The van der Waals surface area contributed by atoms with E-state index in [2.05, 4.69) is 40.9 Å². The molecule has 352 valence electrons. The molecule has 1 atom stereocenters. The zero-order chi connectivity index (χ0) is 47.9. The average Bonchev–Trinajstić information content (AvgIpc) is 3.97. The number of hydrogen-bond donors (Lipinski definition) is 5. The van der Waals surface area contributed by atoms with Gasteiger partial charge in [-0.3, -0.25) is 23.9 Å². The quantitative estimate of drug-likeness (QED) is 0.0565. The summed E-state index contributed by atoms with van der Waals surface area (Å²) < 4.78 is 7.36. The van der Waals surface area contributed by atoms with Gasteiger partial charge in [0.15, 0.2) is 5.82 Å². The van der Waals surface area contributed by atoms with Gasteiger partial charge in [0.25, 0.3) is 5.91 Å². The van der Waals surface area contributed by atoms with E-state index in [9.17, 15) is 24.6 Å². The number of nitrogens with one attached hydrogen (secondary N) is 3. The van der Waals surface area contributed by atoms with Gasteiger partial charge in [-0.05, 0) is 105 Å². The second-order valence-electron chi connectivity index (χ2n) is 17.3. The molecule has 7 rings (SSSR count). The molecule has 5 N–H and O–H groups in total. The van der Waals surface area contributed by atoms with Crippen LogP contribution in [0.1, 0.15) is 93.2 Å². The molecule has 1 aliphatic carbocycles. The van der Waals surface area contributed by atoms with Crippen molar-refractivity contribution in [2.45, 2.75) is 77.9 Å². The largest absolute Gasteiger partial charge is 0.508 e. The van der Waals surface area contributed by atoms with E-state index in [-0.39, 0.29) is 60.2 Å². The zero-order valence-corrected chi connectivity index (χ0v) is 39.9. The number of carbonyl (C=O) groups excluding carboxylic acids is 3. The van der Waals surface area contributed by atoms with Crippen molar-refractivity contribution in [3.63, 3.8) is 0 Å². The summed E-state index contributed by atoms with van der Waals surface area (Å²) in [6.45, 7) is 11.4. The average molecular weight is 952 g/mol. The summed E-state index contributed by atoms with van der Waals surface area (Å²) in [5.41, 5.74) is 4.25. The Morgan fingerprint density at radius 1 is 0.925 bits per heavy atom. The molecule has 5 aromatic rings. The second-order valence-corrected chi connectivity index (χ2v) is 18.1. The van der Waals surface area contributed by atoms with Crippen LogP contribution < -0.4 is 20.9 Å². The number of nitrogens with zero attached hydrogens (tertiary/aromatic N) is 7. The first-order valence-corrected chi connectivity index (χ1v) is 23.1. The number of carbonyl (C=O) groups is 3. The van der Waals surface area contributed by atoms with Crippen LogP contribution in [0.5, 0.6) is 11.5 Å². The summed E-state index contributed by atoms with van der Waals surface area (Å²) in [4.78, 5) is 53.4. The SMILES string of the molecule is CCNC(=O)c1nnc(-c2cc(C(C)C)c(O)cc2O)n1-c1ccc(N(C)C2CCN(CC(=O)OC[C@@H](NC(=O)C3=CC(c4cc(NC(C)C)ncc4Cl)=CC3)c3cccc(Cl)c3)CC2)nc1. The van der Waals surface area contributed by atoms with Crippen LogP contribution >= 0.6 is 23.2 Å². The summed E-state index contributed by atoms with van der Waals surface area (Å²) in [5.74, 6) is 0.175. The van der Waals surface area contributed by atoms with Crippen LogP contribution in [-0.2, 0) is 14.3 Å². The third-order valence-corrected chi connectivity index (χ3v) is 12.3. The maximum atomic E-state index is 13.7. The molecule has 1 fully saturated rings. The lowest BCUT2D eigenvalue weighted by Gasteiger charge is -2.37. The molecule has 2 aromatic carbocycles. The molecular formula is C49H56Cl2N10O6. The Balaban J connectivity index is 0.962.